The molecule has 4 nitrogen and oxygen atoms in total. The normalized spacial score (nSPS) is 13.9. The number of hydrogen-bond acceptors (Lipinski definition) is 5. The lowest BCUT2D eigenvalue weighted by Gasteiger charge is -2.09. The topological polar surface area (TPSA) is 52.3 Å². The molecule has 3 rings (SSSR count). The minimum absolute atomic E-state index is 0.0995. The van der Waals surface area contributed by atoms with E-state index in [1.807, 2.05) is 0 Å². The van der Waals surface area contributed by atoms with E-state index >= 15 is 0 Å². The summed E-state index contributed by atoms with van der Waals surface area (Å²) in [7, 11) is 0. The first-order chi connectivity index (χ1) is 11.0. The molecular weight excluding hydrogens is 317 g/mol. The van der Waals surface area contributed by atoms with Crippen molar-refractivity contribution in [3.63, 3.8) is 0 Å². The Hall–Kier alpha value is -2.08. The Kier molecular flexibility index (Phi) is 4.26. The van der Waals surface area contributed by atoms with Crippen molar-refractivity contribution in [2.24, 2.45) is 0 Å². The van der Waals surface area contributed by atoms with Crippen molar-refractivity contribution in [3.8, 4) is 0 Å². The zero-order valence-electron chi connectivity index (χ0n) is 12.9. The van der Waals surface area contributed by atoms with E-state index in [1.165, 1.54) is 12.1 Å². The number of halogens is 1. The largest absolute Gasteiger partial charge is 0.461 e. The first-order valence-electron chi connectivity index (χ1n) is 7.50. The van der Waals surface area contributed by atoms with Crippen molar-refractivity contribution in [1.29, 1.82) is 0 Å². The maximum atomic E-state index is 13.3. The van der Waals surface area contributed by atoms with E-state index in [2.05, 4.69) is 5.16 Å². The number of carbonyl (C=O) groups is 1. The molecule has 2 aromatic rings. The number of esters is 1. The number of aromatic nitrogens is 1. The molecule has 1 aromatic heterocycles. The Morgan fingerprint density at radius 2 is 2.22 bits per heavy atom. The number of carbonyl (C=O) groups excluding carboxylic acids is 1. The third kappa shape index (κ3) is 3.03. The van der Waals surface area contributed by atoms with E-state index in [4.69, 9.17) is 21.5 Å². The maximum absolute atomic E-state index is 13.3. The summed E-state index contributed by atoms with van der Waals surface area (Å²) in [5.74, 6) is -0.0196. The zero-order valence-corrected chi connectivity index (χ0v) is 13.7. The van der Waals surface area contributed by atoms with Crippen LogP contribution in [-0.4, -0.2) is 22.6 Å². The quantitative estimate of drug-likeness (QED) is 0.471. The van der Waals surface area contributed by atoms with Gasteiger partial charge in [-0.3, -0.25) is 0 Å². The van der Waals surface area contributed by atoms with Crippen LogP contribution < -0.4 is 0 Å². The molecule has 23 heavy (non-hydrogen) atoms. The van der Waals surface area contributed by atoms with E-state index in [1.54, 1.807) is 19.9 Å². The molecule has 1 heterocycles. The summed E-state index contributed by atoms with van der Waals surface area (Å²) >= 11 is 5.57. The fourth-order valence-electron chi connectivity index (χ4n) is 2.50. The average Bonchev–Trinajstić information content (AvgIpc) is 3.25. The number of rotatable bonds is 5. The van der Waals surface area contributed by atoms with Gasteiger partial charge >= 0.3 is 5.97 Å². The van der Waals surface area contributed by atoms with Crippen molar-refractivity contribution in [2.45, 2.75) is 32.6 Å². The van der Waals surface area contributed by atoms with Gasteiger partial charge in [0.25, 0.3) is 0 Å². The molecule has 6 heteroatoms. The first-order valence-corrected chi connectivity index (χ1v) is 7.91. The number of ether oxygens (including phenoxy) is 1. The van der Waals surface area contributed by atoms with Gasteiger partial charge in [0.1, 0.15) is 11.6 Å². The van der Waals surface area contributed by atoms with E-state index < -0.39 is 5.97 Å². The van der Waals surface area contributed by atoms with Gasteiger partial charge < -0.3 is 9.26 Å². The molecule has 0 amide bonds. The van der Waals surface area contributed by atoms with Crippen LogP contribution in [0, 0.1) is 12.7 Å². The van der Waals surface area contributed by atoms with Crippen LogP contribution in [0.4, 0.5) is 4.39 Å². The highest BCUT2D eigenvalue weighted by Gasteiger charge is 2.36. The molecule has 120 valence electrons. The summed E-state index contributed by atoms with van der Waals surface area (Å²) in [6.45, 7) is 3.74. The molecule has 0 bridgehead atoms. The van der Waals surface area contributed by atoms with E-state index in [0.29, 0.717) is 27.3 Å². The molecule has 0 N–H and O–H groups in total. The summed E-state index contributed by atoms with van der Waals surface area (Å²) in [5, 5.41) is 3.88. The second-order valence-corrected chi connectivity index (χ2v) is 5.96. The van der Waals surface area contributed by atoms with Crippen molar-refractivity contribution >= 4 is 23.1 Å². The maximum Gasteiger partial charge on any atom is 0.361 e. The third-order valence-corrected chi connectivity index (χ3v) is 4.22. The zero-order chi connectivity index (χ0) is 16.6. The number of benzene rings is 1. The number of hydrogen-bond donors (Lipinski definition) is 0. The molecule has 0 saturated heterocycles. The van der Waals surface area contributed by atoms with Gasteiger partial charge in [0, 0.05) is 5.92 Å². The van der Waals surface area contributed by atoms with Crippen molar-refractivity contribution in [2.75, 3.05) is 6.61 Å². The van der Waals surface area contributed by atoms with Crippen LogP contribution in [0.3, 0.4) is 0 Å². The fraction of sp³-hybridized carbons (Fsp3) is 0.353. The lowest BCUT2D eigenvalue weighted by molar-refractivity contribution is 0.0514. The Morgan fingerprint density at radius 3 is 2.83 bits per heavy atom. The highest BCUT2D eigenvalue weighted by molar-refractivity contribution is 7.81. The van der Waals surface area contributed by atoms with Crippen LogP contribution in [0.15, 0.2) is 22.7 Å². The minimum atomic E-state index is -0.555. The SMILES string of the molecule is CCOC(=O)c1noc(C2CC2)c1C(=S)c1ccc(F)cc1C. The summed E-state index contributed by atoms with van der Waals surface area (Å²) in [5.41, 5.74) is 2.00. The minimum Gasteiger partial charge on any atom is -0.461 e. The van der Waals surface area contributed by atoms with Gasteiger partial charge in [-0.05, 0) is 49.9 Å². The van der Waals surface area contributed by atoms with Gasteiger partial charge in [-0.25, -0.2) is 9.18 Å². The summed E-state index contributed by atoms with van der Waals surface area (Å²) < 4.78 is 23.7. The van der Waals surface area contributed by atoms with Crippen LogP contribution in [0.2, 0.25) is 0 Å². The van der Waals surface area contributed by atoms with Gasteiger partial charge in [0.2, 0.25) is 0 Å². The number of aryl methyl sites for hydroxylation is 1. The van der Waals surface area contributed by atoms with Gasteiger partial charge in [-0.1, -0.05) is 23.4 Å². The average molecular weight is 333 g/mol. The smallest absolute Gasteiger partial charge is 0.361 e. The van der Waals surface area contributed by atoms with Gasteiger partial charge in [-0.15, -0.1) is 0 Å². The third-order valence-electron chi connectivity index (χ3n) is 3.80. The molecule has 1 fully saturated rings. The summed E-state index contributed by atoms with van der Waals surface area (Å²) in [6, 6.07) is 4.38. The Morgan fingerprint density at radius 1 is 1.48 bits per heavy atom. The van der Waals surface area contributed by atoms with Gasteiger partial charge in [-0.2, -0.15) is 0 Å². The standard InChI is InChI=1S/C17H16FNO3S/c1-3-21-17(20)14-13(15(22-19-14)10-4-5-10)16(23)12-7-6-11(18)8-9(12)2/h6-8,10H,3-5H2,1-2H3. The number of thiocarbonyl (C=S) groups is 1. The molecule has 0 spiro atoms. The van der Waals surface area contributed by atoms with Gasteiger partial charge in [0.15, 0.2) is 5.69 Å². The number of nitrogens with zero attached hydrogens (tertiary/aromatic N) is 1. The molecule has 0 unspecified atom stereocenters. The molecule has 1 aliphatic carbocycles. The lowest BCUT2D eigenvalue weighted by Crippen LogP contribution is -2.13. The van der Waals surface area contributed by atoms with E-state index in [-0.39, 0.29) is 24.0 Å². The molecular formula is C17H16FNO3S. The molecule has 0 aliphatic heterocycles. The van der Waals surface area contributed by atoms with Crippen LogP contribution in [0.5, 0.6) is 0 Å². The predicted octanol–water partition coefficient (Wildman–Crippen LogP) is 3.94. The van der Waals surface area contributed by atoms with Crippen molar-refractivity contribution in [1.82, 2.24) is 5.16 Å². The lowest BCUT2D eigenvalue weighted by atomic mass is 9.97. The summed E-state index contributed by atoms with van der Waals surface area (Å²) in [6.07, 6.45) is 1.96. The van der Waals surface area contributed by atoms with E-state index in [0.717, 1.165) is 12.8 Å². The molecule has 0 radical (unpaired) electrons. The second-order valence-electron chi connectivity index (χ2n) is 5.55. The van der Waals surface area contributed by atoms with Crippen molar-refractivity contribution < 1.29 is 18.4 Å². The molecule has 1 aliphatic rings. The second kappa shape index (κ2) is 6.20. The first kappa shape index (κ1) is 15.8. The van der Waals surface area contributed by atoms with Crippen LogP contribution in [0.1, 0.15) is 58.6 Å². The van der Waals surface area contributed by atoms with Crippen LogP contribution in [-0.2, 0) is 4.74 Å². The highest BCUT2D eigenvalue weighted by Crippen LogP contribution is 2.43. The van der Waals surface area contributed by atoms with Crippen LogP contribution >= 0.6 is 12.2 Å². The van der Waals surface area contributed by atoms with Gasteiger partial charge in [0.05, 0.1) is 17.0 Å². The summed E-state index contributed by atoms with van der Waals surface area (Å²) in [4.78, 5) is 12.6. The van der Waals surface area contributed by atoms with E-state index in [9.17, 15) is 9.18 Å². The predicted molar refractivity (Wildman–Crippen MR) is 86.4 cm³/mol. The molecule has 0 atom stereocenters. The molecule has 1 aromatic carbocycles. The Labute approximate surface area is 138 Å². The Balaban J connectivity index is 2.07. The fourth-order valence-corrected chi connectivity index (χ4v) is 2.93. The van der Waals surface area contributed by atoms with Crippen LogP contribution in [0.25, 0.3) is 0 Å². The monoisotopic (exact) mass is 333 g/mol. The molecule has 1 saturated carbocycles. The van der Waals surface area contributed by atoms with Crippen molar-refractivity contribution in [3.05, 3.63) is 52.2 Å². The highest BCUT2D eigenvalue weighted by atomic mass is 32.1. The Bertz CT molecular complexity index is 780.